The van der Waals surface area contributed by atoms with Crippen molar-refractivity contribution in [1.29, 1.82) is 0 Å². The molecule has 174 valence electrons. The molecule has 0 unspecified atom stereocenters. The fourth-order valence-corrected chi connectivity index (χ4v) is 4.56. The van der Waals surface area contributed by atoms with Crippen molar-refractivity contribution in [2.45, 2.75) is 12.8 Å². The first kappa shape index (κ1) is 23.1. The second-order valence-electron chi connectivity index (χ2n) is 8.54. The Morgan fingerprint density at radius 3 is 2.48 bits per heavy atom. The zero-order chi connectivity index (χ0) is 23.2. The molecule has 0 spiro atoms. The molecule has 3 amide bonds. The molecule has 0 aliphatic carbocycles. The SMILES string of the molecule is O=C(NCC(=O)N1CCN(c2cccc(Cl)c2)CC1)[C@@H]1CC(=O)N(CCc2ccccc2)C1. The van der Waals surface area contributed by atoms with E-state index in [1.807, 2.05) is 54.6 Å². The third-order valence-corrected chi connectivity index (χ3v) is 6.55. The van der Waals surface area contributed by atoms with E-state index in [9.17, 15) is 14.4 Å². The summed E-state index contributed by atoms with van der Waals surface area (Å²) in [5.74, 6) is -0.730. The van der Waals surface area contributed by atoms with E-state index in [4.69, 9.17) is 11.6 Å². The number of anilines is 1. The quantitative estimate of drug-likeness (QED) is 0.676. The molecule has 0 saturated carbocycles. The van der Waals surface area contributed by atoms with Crippen molar-refractivity contribution in [2.24, 2.45) is 5.92 Å². The molecule has 2 aliphatic heterocycles. The first-order valence-electron chi connectivity index (χ1n) is 11.4. The van der Waals surface area contributed by atoms with Crippen molar-refractivity contribution in [2.75, 3.05) is 50.7 Å². The lowest BCUT2D eigenvalue weighted by Gasteiger charge is -2.36. The minimum atomic E-state index is -0.402. The van der Waals surface area contributed by atoms with Gasteiger partial charge in [0.25, 0.3) is 0 Å². The number of carbonyl (C=O) groups is 3. The van der Waals surface area contributed by atoms with Gasteiger partial charge in [0, 0.05) is 56.4 Å². The van der Waals surface area contributed by atoms with E-state index in [0.717, 1.165) is 12.1 Å². The van der Waals surface area contributed by atoms with E-state index in [1.54, 1.807) is 9.80 Å². The second kappa shape index (κ2) is 10.7. The summed E-state index contributed by atoms with van der Waals surface area (Å²) in [5.41, 5.74) is 2.21. The molecule has 4 rings (SSSR count). The molecular weight excluding hydrogens is 440 g/mol. The Kier molecular flexibility index (Phi) is 7.50. The van der Waals surface area contributed by atoms with Gasteiger partial charge >= 0.3 is 0 Å². The van der Waals surface area contributed by atoms with Crippen molar-refractivity contribution >= 4 is 35.0 Å². The average molecular weight is 469 g/mol. The number of benzene rings is 2. The molecule has 33 heavy (non-hydrogen) atoms. The van der Waals surface area contributed by atoms with Crippen LogP contribution in [-0.4, -0.2) is 73.3 Å². The van der Waals surface area contributed by atoms with E-state index in [2.05, 4.69) is 10.2 Å². The fourth-order valence-electron chi connectivity index (χ4n) is 4.38. The zero-order valence-corrected chi connectivity index (χ0v) is 19.3. The fraction of sp³-hybridized carbons (Fsp3) is 0.400. The second-order valence-corrected chi connectivity index (χ2v) is 8.98. The van der Waals surface area contributed by atoms with Gasteiger partial charge in [0.1, 0.15) is 0 Å². The van der Waals surface area contributed by atoms with Gasteiger partial charge in [-0.25, -0.2) is 0 Å². The minimum Gasteiger partial charge on any atom is -0.368 e. The maximum Gasteiger partial charge on any atom is 0.242 e. The molecule has 2 saturated heterocycles. The first-order chi connectivity index (χ1) is 16.0. The molecule has 0 radical (unpaired) electrons. The van der Waals surface area contributed by atoms with Crippen molar-refractivity contribution in [3.63, 3.8) is 0 Å². The summed E-state index contributed by atoms with van der Waals surface area (Å²) in [7, 11) is 0. The van der Waals surface area contributed by atoms with Gasteiger partial charge < -0.3 is 20.0 Å². The van der Waals surface area contributed by atoms with Crippen LogP contribution >= 0.6 is 11.6 Å². The highest BCUT2D eigenvalue weighted by Gasteiger charge is 2.34. The normalized spacial score (nSPS) is 18.5. The summed E-state index contributed by atoms with van der Waals surface area (Å²) >= 11 is 6.08. The lowest BCUT2D eigenvalue weighted by Crippen LogP contribution is -2.51. The number of rotatable bonds is 7. The molecule has 8 heteroatoms. The monoisotopic (exact) mass is 468 g/mol. The number of likely N-dealkylation sites (tertiary alicyclic amines) is 1. The van der Waals surface area contributed by atoms with Gasteiger partial charge in [-0.15, -0.1) is 0 Å². The number of amides is 3. The van der Waals surface area contributed by atoms with E-state index < -0.39 is 5.92 Å². The van der Waals surface area contributed by atoms with Crippen LogP contribution in [0.5, 0.6) is 0 Å². The predicted octanol–water partition coefficient (Wildman–Crippen LogP) is 2.20. The molecule has 0 bridgehead atoms. The number of piperazine rings is 1. The molecule has 2 fully saturated rings. The number of carbonyl (C=O) groups excluding carboxylic acids is 3. The van der Waals surface area contributed by atoms with Crippen LogP contribution in [-0.2, 0) is 20.8 Å². The molecule has 2 aromatic carbocycles. The van der Waals surface area contributed by atoms with E-state index >= 15 is 0 Å². The van der Waals surface area contributed by atoms with Crippen molar-refractivity contribution in [1.82, 2.24) is 15.1 Å². The molecule has 1 N–H and O–H groups in total. The highest BCUT2D eigenvalue weighted by Crippen LogP contribution is 2.21. The van der Waals surface area contributed by atoms with Gasteiger partial charge in [0.05, 0.1) is 12.5 Å². The van der Waals surface area contributed by atoms with Crippen molar-refractivity contribution in [3.05, 3.63) is 65.2 Å². The van der Waals surface area contributed by atoms with Crippen LogP contribution in [0.1, 0.15) is 12.0 Å². The van der Waals surface area contributed by atoms with Crippen LogP contribution in [0.4, 0.5) is 5.69 Å². The average Bonchev–Trinajstić information content (AvgIpc) is 3.22. The summed E-state index contributed by atoms with van der Waals surface area (Å²) in [6.45, 7) is 3.59. The van der Waals surface area contributed by atoms with Crippen LogP contribution in [0.3, 0.4) is 0 Å². The number of hydrogen-bond donors (Lipinski definition) is 1. The van der Waals surface area contributed by atoms with Crippen LogP contribution < -0.4 is 10.2 Å². The largest absolute Gasteiger partial charge is 0.368 e. The third-order valence-electron chi connectivity index (χ3n) is 6.32. The summed E-state index contributed by atoms with van der Waals surface area (Å²) in [6.07, 6.45) is 0.966. The Bertz CT molecular complexity index is 992. The van der Waals surface area contributed by atoms with E-state index in [1.165, 1.54) is 5.56 Å². The molecule has 2 aliphatic rings. The Morgan fingerprint density at radius 2 is 1.76 bits per heavy atom. The van der Waals surface area contributed by atoms with Gasteiger partial charge in [-0.2, -0.15) is 0 Å². The lowest BCUT2D eigenvalue weighted by atomic mass is 10.1. The van der Waals surface area contributed by atoms with Crippen molar-refractivity contribution in [3.8, 4) is 0 Å². The topological polar surface area (TPSA) is 73.0 Å². The Morgan fingerprint density at radius 1 is 1.00 bits per heavy atom. The highest BCUT2D eigenvalue weighted by atomic mass is 35.5. The van der Waals surface area contributed by atoms with E-state index in [-0.39, 0.29) is 30.7 Å². The molecule has 2 heterocycles. The van der Waals surface area contributed by atoms with Crippen LogP contribution in [0, 0.1) is 5.92 Å². The zero-order valence-electron chi connectivity index (χ0n) is 18.6. The van der Waals surface area contributed by atoms with Crippen LogP contribution in [0.15, 0.2) is 54.6 Å². The number of halogens is 1. The standard InChI is InChI=1S/C25H29ClN4O3/c26-21-7-4-8-22(16-21)28-11-13-29(14-12-28)24(32)17-27-25(33)20-15-23(31)30(18-20)10-9-19-5-2-1-3-6-19/h1-8,16,20H,9-15,17-18H2,(H,27,33)/t20-/m1/s1. The van der Waals surface area contributed by atoms with Gasteiger partial charge in [-0.1, -0.05) is 48.0 Å². The Labute approximate surface area is 199 Å². The molecule has 1 atom stereocenters. The van der Waals surface area contributed by atoms with Gasteiger partial charge in [0.15, 0.2) is 0 Å². The van der Waals surface area contributed by atoms with Gasteiger partial charge in [0.2, 0.25) is 17.7 Å². The predicted molar refractivity (Wildman–Crippen MR) is 128 cm³/mol. The maximum absolute atomic E-state index is 12.6. The summed E-state index contributed by atoms with van der Waals surface area (Å²) in [5, 5.41) is 3.44. The highest BCUT2D eigenvalue weighted by molar-refractivity contribution is 6.30. The smallest absolute Gasteiger partial charge is 0.242 e. The molecular formula is C25H29ClN4O3. The first-order valence-corrected chi connectivity index (χ1v) is 11.7. The molecule has 2 aromatic rings. The number of hydrogen-bond acceptors (Lipinski definition) is 4. The lowest BCUT2D eigenvalue weighted by molar-refractivity contribution is -0.134. The maximum atomic E-state index is 12.6. The van der Waals surface area contributed by atoms with E-state index in [0.29, 0.717) is 44.3 Å². The number of nitrogens with one attached hydrogen (secondary N) is 1. The summed E-state index contributed by atoms with van der Waals surface area (Å²) in [6, 6.07) is 17.7. The van der Waals surface area contributed by atoms with Crippen molar-refractivity contribution < 1.29 is 14.4 Å². The van der Waals surface area contributed by atoms with Gasteiger partial charge in [-0.3, -0.25) is 14.4 Å². The van der Waals surface area contributed by atoms with Gasteiger partial charge in [-0.05, 0) is 30.2 Å². The molecule has 0 aromatic heterocycles. The molecule has 7 nitrogen and oxygen atoms in total. The van der Waals surface area contributed by atoms with Crippen LogP contribution in [0.2, 0.25) is 5.02 Å². The Hall–Kier alpha value is -3.06. The summed E-state index contributed by atoms with van der Waals surface area (Å²) in [4.78, 5) is 43.2. The van der Waals surface area contributed by atoms with Crippen LogP contribution in [0.25, 0.3) is 0 Å². The Balaban J connectivity index is 1.19. The number of nitrogens with zero attached hydrogens (tertiary/aromatic N) is 3. The minimum absolute atomic E-state index is 0.00505. The third kappa shape index (κ3) is 6.05. The summed E-state index contributed by atoms with van der Waals surface area (Å²) < 4.78 is 0.